The van der Waals surface area contributed by atoms with Gasteiger partial charge in [-0.15, -0.1) is 0 Å². The van der Waals surface area contributed by atoms with Crippen LogP contribution in [0, 0.1) is 0 Å². The van der Waals surface area contributed by atoms with Crippen molar-refractivity contribution in [1.29, 1.82) is 0 Å². The van der Waals surface area contributed by atoms with Crippen LogP contribution in [0.5, 0.6) is 5.75 Å². The lowest BCUT2D eigenvalue weighted by Gasteiger charge is -2.10. The molecule has 2 aromatic rings. The minimum atomic E-state index is 0.757. The highest BCUT2D eigenvalue weighted by Crippen LogP contribution is 2.21. The van der Waals surface area contributed by atoms with Crippen molar-refractivity contribution in [2.45, 2.75) is 13.0 Å². The summed E-state index contributed by atoms with van der Waals surface area (Å²) in [6.45, 7) is 1.64. The molecule has 0 saturated heterocycles. The number of para-hydroxylation sites is 1. The van der Waals surface area contributed by atoms with Gasteiger partial charge in [-0.2, -0.15) is 0 Å². The Balaban J connectivity index is 1.86. The second-order valence-electron chi connectivity index (χ2n) is 4.47. The zero-order chi connectivity index (χ0) is 14.4. The molecule has 4 heteroatoms. The van der Waals surface area contributed by atoms with Crippen molar-refractivity contribution in [3.05, 3.63) is 63.1 Å². The highest BCUT2D eigenvalue weighted by molar-refractivity contribution is 9.10. The van der Waals surface area contributed by atoms with Gasteiger partial charge in [0.25, 0.3) is 0 Å². The molecule has 0 spiro atoms. The molecule has 0 fully saturated rings. The summed E-state index contributed by atoms with van der Waals surface area (Å²) in [5, 5.41) is 4.20. The van der Waals surface area contributed by atoms with E-state index in [4.69, 9.17) is 16.3 Å². The van der Waals surface area contributed by atoms with E-state index in [0.717, 1.165) is 40.3 Å². The van der Waals surface area contributed by atoms with Crippen molar-refractivity contribution in [3.8, 4) is 5.75 Å². The molecule has 0 aliphatic carbocycles. The number of halogens is 2. The summed E-state index contributed by atoms with van der Waals surface area (Å²) in [4.78, 5) is 0. The molecule has 2 aromatic carbocycles. The van der Waals surface area contributed by atoms with Crippen LogP contribution < -0.4 is 10.1 Å². The van der Waals surface area contributed by atoms with E-state index in [9.17, 15) is 0 Å². The van der Waals surface area contributed by atoms with E-state index < -0.39 is 0 Å². The third-order valence-electron chi connectivity index (χ3n) is 3.09. The van der Waals surface area contributed by atoms with E-state index in [0.29, 0.717) is 0 Å². The number of benzene rings is 2. The molecule has 0 aliphatic heterocycles. The van der Waals surface area contributed by atoms with E-state index in [-0.39, 0.29) is 0 Å². The Kier molecular flexibility index (Phi) is 5.89. The monoisotopic (exact) mass is 353 g/mol. The Hall–Kier alpha value is -1.03. The molecule has 0 atom stereocenters. The number of ether oxygens (including phenoxy) is 1. The van der Waals surface area contributed by atoms with E-state index >= 15 is 0 Å². The average molecular weight is 355 g/mol. The van der Waals surface area contributed by atoms with Gasteiger partial charge in [-0.05, 0) is 48.4 Å². The molecule has 2 nitrogen and oxygen atoms in total. The van der Waals surface area contributed by atoms with Gasteiger partial charge in [0.15, 0.2) is 0 Å². The van der Waals surface area contributed by atoms with Gasteiger partial charge >= 0.3 is 0 Å². The summed E-state index contributed by atoms with van der Waals surface area (Å²) in [5.41, 5.74) is 2.31. The van der Waals surface area contributed by atoms with E-state index in [1.807, 2.05) is 36.4 Å². The van der Waals surface area contributed by atoms with Crippen molar-refractivity contribution in [2.75, 3.05) is 13.7 Å². The number of hydrogen-bond donors (Lipinski definition) is 1. The summed E-state index contributed by atoms with van der Waals surface area (Å²) in [7, 11) is 1.70. The standard InChI is InChI=1S/C16H17BrClNO/c1-20-16-5-3-2-4-12(16)8-9-19-11-13-10-14(17)6-7-15(13)18/h2-7,10,19H,8-9,11H2,1H3. The molecule has 0 radical (unpaired) electrons. The first-order valence-electron chi connectivity index (χ1n) is 6.47. The fourth-order valence-electron chi connectivity index (χ4n) is 2.03. The molecule has 1 N–H and O–H groups in total. The van der Waals surface area contributed by atoms with Gasteiger partial charge in [0.2, 0.25) is 0 Å². The van der Waals surface area contributed by atoms with Gasteiger partial charge in [0.1, 0.15) is 5.75 Å². The molecular formula is C16H17BrClNO. The summed E-state index contributed by atoms with van der Waals surface area (Å²) >= 11 is 9.62. The van der Waals surface area contributed by atoms with Crippen LogP contribution in [-0.4, -0.2) is 13.7 Å². The van der Waals surface area contributed by atoms with E-state index in [1.165, 1.54) is 5.56 Å². The lowest BCUT2D eigenvalue weighted by atomic mass is 10.1. The minimum absolute atomic E-state index is 0.757. The quantitative estimate of drug-likeness (QED) is 0.774. The van der Waals surface area contributed by atoms with Crippen LogP contribution in [0.4, 0.5) is 0 Å². The lowest BCUT2D eigenvalue weighted by molar-refractivity contribution is 0.409. The maximum absolute atomic E-state index is 6.16. The summed E-state index contributed by atoms with van der Waals surface area (Å²) in [6.07, 6.45) is 0.926. The van der Waals surface area contributed by atoms with Crippen molar-refractivity contribution < 1.29 is 4.74 Å². The van der Waals surface area contributed by atoms with Gasteiger partial charge < -0.3 is 10.1 Å². The van der Waals surface area contributed by atoms with Gasteiger partial charge in [-0.1, -0.05) is 45.7 Å². The molecule has 0 heterocycles. The summed E-state index contributed by atoms with van der Waals surface area (Å²) < 4.78 is 6.39. The zero-order valence-electron chi connectivity index (χ0n) is 11.3. The molecule has 2 rings (SSSR count). The van der Waals surface area contributed by atoms with Crippen LogP contribution in [0.2, 0.25) is 5.02 Å². The number of methoxy groups -OCH3 is 1. The van der Waals surface area contributed by atoms with Crippen LogP contribution in [0.15, 0.2) is 46.9 Å². The smallest absolute Gasteiger partial charge is 0.122 e. The predicted molar refractivity (Wildman–Crippen MR) is 87.6 cm³/mol. The van der Waals surface area contributed by atoms with E-state index in [2.05, 4.69) is 27.3 Å². The SMILES string of the molecule is COc1ccccc1CCNCc1cc(Br)ccc1Cl. The first-order chi connectivity index (χ1) is 9.70. The van der Waals surface area contributed by atoms with Gasteiger partial charge in [-0.3, -0.25) is 0 Å². The fraction of sp³-hybridized carbons (Fsp3) is 0.250. The molecule has 0 aromatic heterocycles. The Morgan fingerprint density at radius 1 is 1.15 bits per heavy atom. The molecule has 0 saturated carbocycles. The lowest BCUT2D eigenvalue weighted by Crippen LogP contribution is -2.17. The van der Waals surface area contributed by atoms with Crippen molar-refractivity contribution in [1.82, 2.24) is 5.32 Å². The zero-order valence-corrected chi connectivity index (χ0v) is 13.7. The number of rotatable bonds is 6. The van der Waals surface area contributed by atoms with Crippen molar-refractivity contribution in [3.63, 3.8) is 0 Å². The second-order valence-corrected chi connectivity index (χ2v) is 5.80. The van der Waals surface area contributed by atoms with Gasteiger partial charge in [0, 0.05) is 16.0 Å². The van der Waals surface area contributed by atoms with Crippen LogP contribution in [-0.2, 0) is 13.0 Å². The third-order valence-corrected chi connectivity index (χ3v) is 3.95. The maximum atomic E-state index is 6.16. The second kappa shape index (κ2) is 7.67. The number of hydrogen-bond acceptors (Lipinski definition) is 2. The predicted octanol–water partition coefficient (Wildman–Crippen LogP) is 4.44. The van der Waals surface area contributed by atoms with Gasteiger partial charge in [-0.25, -0.2) is 0 Å². The van der Waals surface area contributed by atoms with Crippen LogP contribution >= 0.6 is 27.5 Å². The number of nitrogens with one attached hydrogen (secondary N) is 1. The molecule has 0 unspecified atom stereocenters. The highest BCUT2D eigenvalue weighted by atomic mass is 79.9. The Morgan fingerprint density at radius 2 is 1.95 bits per heavy atom. The summed E-state index contributed by atoms with van der Waals surface area (Å²) in [6, 6.07) is 14.0. The minimum Gasteiger partial charge on any atom is -0.496 e. The van der Waals surface area contributed by atoms with Crippen molar-refractivity contribution in [2.24, 2.45) is 0 Å². The highest BCUT2D eigenvalue weighted by Gasteiger charge is 2.03. The largest absolute Gasteiger partial charge is 0.496 e. The average Bonchev–Trinajstić information content (AvgIpc) is 2.47. The Morgan fingerprint density at radius 3 is 2.75 bits per heavy atom. The molecule has 0 aliphatic rings. The third kappa shape index (κ3) is 4.23. The first kappa shape index (κ1) is 15.4. The summed E-state index contributed by atoms with van der Waals surface area (Å²) in [5.74, 6) is 0.940. The topological polar surface area (TPSA) is 21.3 Å². The molecule has 0 bridgehead atoms. The van der Waals surface area contributed by atoms with E-state index in [1.54, 1.807) is 7.11 Å². The Labute approximate surface area is 133 Å². The maximum Gasteiger partial charge on any atom is 0.122 e. The van der Waals surface area contributed by atoms with Crippen LogP contribution in [0.1, 0.15) is 11.1 Å². The molecule has 20 heavy (non-hydrogen) atoms. The van der Waals surface area contributed by atoms with Crippen LogP contribution in [0.3, 0.4) is 0 Å². The first-order valence-corrected chi connectivity index (χ1v) is 7.64. The normalized spacial score (nSPS) is 10.6. The molecule has 0 amide bonds. The van der Waals surface area contributed by atoms with Crippen LogP contribution in [0.25, 0.3) is 0 Å². The Bertz CT molecular complexity index is 574. The van der Waals surface area contributed by atoms with Gasteiger partial charge in [0.05, 0.1) is 7.11 Å². The fourth-order valence-corrected chi connectivity index (χ4v) is 2.63. The van der Waals surface area contributed by atoms with Crippen molar-refractivity contribution >= 4 is 27.5 Å². The molecular weight excluding hydrogens is 338 g/mol. The molecule has 106 valence electrons.